The summed E-state index contributed by atoms with van der Waals surface area (Å²) in [4.78, 5) is 15.8. The van der Waals surface area contributed by atoms with Crippen LogP contribution in [0.5, 0.6) is 0 Å². The molecule has 1 aliphatic rings. The van der Waals surface area contributed by atoms with Gasteiger partial charge in [-0.15, -0.1) is 0 Å². The average Bonchev–Trinajstić information content (AvgIpc) is 2.88. The molecule has 1 heterocycles. The third-order valence-electron chi connectivity index (χ3n) is 2.38. The molecule has 0 saturated heterocycles. The summed E-state index contributed by atoms with van der Waals surface area (Å²) in [6.07, 6.45) is 1.81. The maximum absolute atomic E-state index is 11.5. The quantitative estimate of drug-likeness (QED) is 0.612. The van der Waals surface area contributed by atoms with E-state index in [1.807, 2.05) is 25.3 Å². The number of benzene rings is 1. The molecule has 5 nitrogen and oxygen atoms in total. The van der Waals surface area contributed by atoms with E-state index in [1.54, 1.807) is 24.1 Å². The van der Waals surface area contributed by atoms with E-state index in [9.17, 15) is 4.79 Å². The lowest BCUT2D eigenvalue weighted by Crippen LogP contribution is -2.16. The first-order chi connectivity index (χ1) is 9.24. The summed E-state index contributed by atoms with van der Waals surface area (Å²) < 4.78 is 10.3. The molecule has 2 rings (SSSR count). The molecule has 0 amide bonds. The van der Waals surface area contributed by atoms with Crippen LogP contribution in [0.1, 0.15) is 24.2 Å². The Morgan fingerprint density at radius 3 is 2.63 bits per heavy atom. The molecule has 0 unspecified atom stereocenters. The van der Waals surface area contributed by atoms with Gasteiger partial charge in [0.1, 0.15) is 0 Å². The number of carbonyl (C=O) groups excluding carboxylic acids is 1. The van der Waals surface area contributed by atoms with Crippen molar-refractivity contribution in [2.75, 3.05) is 18.2 Å². The van der Waals surface area contributed by atoms with Crippen LogP contribution in [-0.2, 0) is 9.47 Å². The largest absolute Gasteiger partial charge is 0.485 e. The predicted molar refractivity (Wildman–Crippen MR) is 74.3 cm³/mol. The minimum absolute atomic E-state index is 0.313. The zero-order valence-electron chi connectivity index (χ0n) is 10.8. The summed E-state index contributed by atoms with van der Waals surface area (Å²) in [6.45, 7) is 4.70. The molecular formula is C13H15N2O3S. The van der Waals surface area contributed by atoms with E-state index in [-0.39, 0.29) is 5.97 Å². The van der Waals surface area contributed by atoms with Crippen LogP contribution in [0.25, 0.3) is 0 Å². The monoisotopic (exact) mass is 279 g/mol. The van der Waals surface area contributed by atoms with E-state index >= 15 is 0 Å². The van der Waals surface area contributed by atoms with Crippen molar-refractivity contribution in [1.82, 2.24) is 4.83 Å². The highest BCUT2D eigenvalue weighted by Gasteiger charge is 2.17. The lowest BCUT2D eigenvalue weighted by atomic mass is 10.2. The number of anilines is 1. The summed E-state index contributed by atoms with van der Waals surface area (Å²) in [5.74, 6) is -0.313. The Kier molecular flexibility index (Phi) is 4.70. The molecule has 0 bridgehead atoms. The molecule has 1 aromatic carbocycles. The van der Waals surface area contributed by atoms with Gasteiger partial charge in [-0.25, -0.2) is 4.79 Å². The fourth-order valence-electron chi connectivity index (χ4n) is 1.52. The first-order valence-corrected chi connectivity index (χ1v) is 6.81. The van der Waals surface area contributed by atoms with E-state index in [4.69, 9.17) is 9.47 Å². The van der Waals surface area contributed by atoms with Crippen LogP contribution < -0.4 is 9.84 Å². The van der Waals surface area contributed by atoms with Crippen LogP contribution in [0.15, 0.2) is 35.6 Å². The molecule has 0 spiro atoms. The van der Waals surface area contributed by atoms with Gasteiger partial charge in [0.2, 0.25) is 0 Å². The molecule has 0 fully saturated rings. The van der Waals surface area contributed by atoms with E-state index in [0.29, 0.717) is 18.8 Å². The number of rotatable bonds is 5. The van der Waals surface area contributed by atoms with Crippen molar-refractivity contribution >= 4 is 23.6 Å². The first kappa shape index (κ1) is 13.8. The van der Waals surface area contributed by atoms with E-state index in [1.165, 1.54) is 11.9 Å². The van der Waals surface area contributed by atoms with Gasteiger partial charge in [0.25, 0.3) is 0 Å². The summed E-state index contributed by atoms with van der Waals surface area (Å²) >= 11 is 1.29. The second-order valence-corrected chi connectivity index (χ2v) is 4.41. The molecule has 101 valence electrons. The summed E-state index contributed by atoms with van der Waals surface area (Å²) in [7, 11) is 0. The van der Waals surface area contributed by atoms with Crippen molar-refractivity contribution in [3.63, 3.8) is 0 Å². The molecule has 6 heteroatoms. The van der Waals surface area contributed by atoms with Crippen LogP contribution in [0.2, 0.25) is 0 Å². The Bertz CT molecular complexity index is 473. The standard InChI is InChI=1S/C13H15N2O3S/c1-3-17-12-9-15(14-19-12)11-7-5-10(6-8-11)13(16)18-4-2/h5-9H,3-4H2,1-2H3. The third-order valence-corrected chi connectivity index (χ3v) is 3.04. The minimum Gasteiger partial charge on any atom is -0.485 e. The summed E-state index contributed by atoms with van der Waals surface area (Å²) in [5.41, 5.74) is 1.40. The smallest absolute Gasteiger partial charge is 0.338 e. The van der Waals surface area contributed by atoms with Gasteiger partial charge >= 0.3 is 5.97 Å². The summed E-state index contributed by atoms with van der Waals surface area (Å²) in [6, 6.07) is 7.09. The number of ether oxygens (including phenoxy) is 2. The average molecular weight is 279 g/mol. The van der Waals surface area contributed by atoms with Gasteiger partial charge in [-0.2, -0.15) is 0 Å². The van der Waals surface area contributed by atoms with E-state index < -0.39 is 0 Å². The number of hydrogen-bond donors (Lipinski definition) is 0. The highest BCUT2D eigenvalue weighted by molar-refractivity contribution is 8.01. The van der Waals surface area contributed by atoms with Gasteiger partial charge in [-0.05, 0) is 38.1 Å². The van der Waals surface area contributed by atoms with Crippen LogP contribution in [0, 0.1) is 0 Å². The molecular weight excluding hydrogens is 264 g/mol. The second kappa shape index (κ2) is 6.49. The van der Waals surface area contributed by atoms with Gasteiger partial charge in [-0.1, -0.05) is 4.83 Å². The zero-order chi connectivity index (χ0) is 13.7. The lowest BCUT2D eigenvalue weighted by Gasteiger charge is -2.12. The Labute approximate surface area is 116 Å². The SMILES string of the molecule is CCOC(=O)c1ccc(N2C=C(OCC)S[N]2)cc1. The van der Waals surface area contributed by atoms with Crippen molar-refractivity contribution in [1.29, 1.82) is 0 Å². The van der Waals surface area contributed by atoms with Crippen LogP contribution in [0.4, 0.5) is 5.69 Å². The number of nitrogens with zero attached hydrogens (tertiary/aromatic N) is 2. The predicted octanol–water partition coefficient (Wildman–Crippen LogP) is 2.69. The Hall–Kier alpha value is -1.66. The molecule has 0 aliphatic carbocycles. The number of hydrogen-bond acceptors (Lipinski definition) is 5. The van der Waals surface area contributed by atoms with Crippen molar-refractivity contribution in [3.05, 3.63) is 41.1 Å². The van der Waals surface area contributed by atoms with Crippen molar-refractivity contribution in [3.8, 4) is 0 Å². The van der Waals surface area contributed by atoms with Gasteiger partial charge in [0, 0.05) is 11.9 Å². The van der Waals surface area contributed by atoms with Crippen molar-refractivity contribution < 1.29 is 14.3 Å². The zero-order valence-corrected chi connectivity index (χ0v) is 11.6. The Morgan fingerprint density at radius 2 is 2.00 bits per heavy atom. The normalized spacial score (nSPS) is 14.2. The minimum atomic E-state index is -0.313. The van der Waals surface area contributed by atoms with Crippen molar-refractivity contribution in [2.24, 2.45) is 0 Å². The molecule has 0 saturated carbocycles. The molecule has 19 heavy (non-hydrogen) atoms. The molecule has 0 N–H and O–H groups in total. The lowest BCUT2D eigenvalue weighted by molar-refractivity contribution is 0.0526. The first-order valence-electron chi connectivity index (χ1n) is 6.03. The fraction of sp³-hybridized carbons (Fsp3) is 0.308. The maximum Gasteiger partial charge on any atom is 0.338 e. The Morgan fingerprint density at radius 1 is 1.26 bits per heavy atom. The molecule has 0 atom stereocenters. The van der Waals surface area contributed by atoms with Crippen LogP contribution in [0.3, 0.4) is 0 Å². The molecule has 0 aromatic heterocycles. The topological polar surface area (TPSA) is 52.9 Å². The maximum atomic E-state index is 11.5. The van der Waals surface area contributed by atoms with Gasteiger partial charge in [0.15, 0.2) is 5.09 Å². The highest BCUT2D eigenvalue weighted by Crippen LogP contribution is 2.28. The molecule has 1 aromatic rings. The third kappa shape index (κ3) is 3.42. The van der Waals surface area contributed by atoms with Gasteiger partial charge < -0.3 is 9.47 Å². The number of carbonyl (C=O) groups is 1. The van der Waals surface area contributed by atoms with Crippen LogP contribution >= 0.6 is 11.9 Å². The molecule has 1 aliphatic heterocycles. The number of esters is 1. The van der Waals surface area contributed by atoms with Crippen molar-refractivity contribution in [2.45, 2.75) is 13.8 Å². The molecule has 1 radical (unpaired) electrons. The Balaban J connectivity index is 2.05. The second-order valence-electron chi connectivity index (χ2n) is 3.67. The van der Waals surface area contributed by atoms with E-state index in [2.05, 4.69) is 4.83 Å². The highest BCUT2D eigenvalue weighted by atomic mass is 32.2. The summed E-state index contributed by atoms with van der Waals surface area (Å²) in [5, 5.41) is 2.47. The van der Waals surface area contributed by atoms with Gasteiger partial charge in [-0.3, -0.25) is 5.01 Å². The van der Waals surface area contributed by atoms with Crippen LogP contribution in [-0.4, -0.2) is 19.2 Å². The van der Waals surface area contributed by atoms with Gasteiger partial charge in [0.05, 0.1) is 30.7 Å². The van der Waals surface area contributed by atoms with E-state index in [0.717, 1.165) is 10.8 Å². The fourth-order valence-corrected chi connectivity index (χ4v) is 2.15.